The van der Waals surface area contributed by atoms with Crippen LogP contribution in [0, 0.1) is 0 Å². The highest BCUT2D eigenvalue weighted by atomic mass is 16.5. The number of rotatable bonds is 5. The number of benzene rings is 1. The van der Waals surface area contributed by atoms with Crippen molar-refractivity contribution in [2.75, 3.05) is 5.32 Å². The fourth-order valence-electron chi connectivity index (χ4n) is 2.35. The van der Waals surface area contributed by atoms with Gasteiger partial charge in [0.15, 0.2) is 0 Å². The number of hydrogen-bond acceptors (Lipinski definition) is 6. The van der Waals surface area contributed by atoms with Gasteiger partial charge in [0.25, 0.3) is 5.91 Å². The quantitative estimate of drug-likeness (QED) is 0.589. The largest absolute Gasteiger partial charge is 0.439 e. The standard InChI is InChI=1S/C19H14N6O2/c26-19(16-12-20-7-8-21-16)24-14-3-5-15(6-4-14)27-18-11-17(22-13-23-18)25-9-1-2-10-25/h1-13H,(H,24,26). The molecule has 0 aliphatic rings. The lowest BCUT2D eigenvalue weighted by Gasteiger charge is -2.08. The maximum absolute atomic E-state index is 12.1. The zero-order valence-electron chi connectivity index (χ0n) is 14.1. The lowest BCUT2D eigenvalue weighted by Crippen LogP contribution is -2.13. The van der Waals surface area contributed by atoms with Crippen molar-refractivity contribution in [1.29, 1.82) is 0 Å². The Labute approximate surface area is 154 Å². The number of ether oxygens (including phenoxy) is 1. The molecular weight excluding hydrogens is 344 g/mol. The highest BCUT2D eigenvalue weighted by molar-refractivity contribution is 6.02. The Hall–Kier alpha value is -4.07. The molecule has 1 N–H and O–H groups in total. The molecule has 1 amide bonds. The van der Waals surface area contributed by atoms with E-state index in [2.05, 4.69) is 25.3 Å². The van der Waals surface area contributed by atoms with Gasteiger partial charge in [-0.05, 0) is 36.4 Å². The Balaban J connectivity index is 1.44. The second kappa shape index (κ2) is 7.44. The number of aromatic nitrogens is 5. The van der Waals surface area contributed by atoms with Crippen LogP contribution in [0.15, 0.2) is 79.8 Å². The molecule has 132 valence electrons. The van der Waals surface area contributed by atoms with Crippen LogP contribution < -0.4 is 10.1 Å². The second-order valence-corrected chi connectivity index (χ2v) is 5.48. The molecule has 0 spiro atoms. The highest BCUT2D eigenvalue weighted by Crippen LogP contribution is 2.22. The summed E-state index contributed by atoms with van der Waals surface area (Å²) in [5.74, 6) is 1.39. The SMILES string of the molecule is O=C(Nc1ccc(Oc2cc(-n3cccc3)ncn2)cc1)c1cnccn1. The van der Waals surface area contributed by atoms with Crippen LogP contribution in [0.5, 0.6) is 11.6 Å². The first kappa shape index (κ1) is 16.4. The third-order valence-corrected chi connectivity index (χ3v) is 3.63. The topological polar surface area (TPSA) is 94.8 Å². The van der Waals surface area contributed by atoms with Gasteiger partial charge in [0.2, 0.25) is 5.88 Å². The molecule has 4 aromatic rings. The summed E-state index contributed by atoms with van der Waals surface area (Å²) in [5, 5.41) is 2.75. The monoisotopic (exact) mass is 358 g/mol. The normalized spacial score (nSPS) is 10.4. The first-order valence-electron chi connectivity index (χ1n) is 8.08. The summed E-state index contributed by atoms with van der Waals surface area (Å²) in [7, 11) is 0. The van der Waals surface area contributed by atoms with Crippen molar-refractivity contribution in [2.24, 2.45) is 0 Å². The van der Waals surface area contributed by atoms with Crippen LogP contribution in [0.2, 0.25) is 0 Å². The van der Waals surface area contributed by atoms with Crippen molar-refractivity contribution in [3.05, 3.63) is 85.5 Å². The maximum atomic E-state index is 12.1. The molecule has 4 rings (SSSR count). The van der Waals surface area contributed by atoms with Gasteiger partial charge < -0.3 is 14.6 Å². The van der Waals surface area contributed by atoms with E-state index in [-0.39, 0.29) is 11.6 Å². The van der Waals surface area contributed by atoms with E-state index < -0.39 is 0 Å². The molecule has 0 unspecified atom stereocenters. The summed E-state index contributed by atoms with van der Waals surface area (Å²) in [6.45, 7) is 0. The minimum atomic E-state index is -0.330. The Morgan fingerprint density at radius 1 is 1.00 bits per heavy atom. The van der Waals surface area contributed by atoms with Crippen molar-refractivity contribution < 1.29 is 9.53 Å². The van der Waals surface area contributed by atoms with Crippen molar-refractivity contribution in [3.8, 4) is 17.4 Å². The number of carbonyl (C=O) groups excluding carboxylic acids is 1. The molecule has 0 aliphatic carbocycles. The van der Waals surface area contributed by atoms with Crippen molar-refractivity contribution in [3.63, 3.8) is 0 Å². The molecule has 0 saturated carbocycles. The summed E-state index contributed by atoms with van der Waals surface area (Å²) >= 11 is 0. The van der Waals surface area contributed by atoms with E-state index in [0.29, 0.717) is 23.1 Å². The molecular formula is C19H14N6O2. The Kier molecular flexibility index (Phi) is 4.52. The van der Waals surface area contributed by atoms with Gasteiger partial charge in [0, 0.05) is 36.5 Å². The predicted octanol–water partition coefficient (Wildman–Crippen LogP) is 3.10. The van der Waals surface area contributed by atoms with Crippen molar-refractivity contribution in [1.82, 2.24) is 24.5 Å². The number of nitrogens with one attached hydrogen (secondary N) is 1. The van der Waals surface area contributed by atoms with Gasteiger partial charge in [-0.25, -0.2) is 15.0 Å². The second-order valence-electron chi connectivity index (χ2n) is 5.48. The van der Waals surface area contributed by atoms with Gasteiger partial charge in [-0.2, -0.15) is 0 Å². The van der Waals surface area contributed by atoms with Gasteiger partial charge in [0.05, 0.1) is 6.20 Å². The van der Waals surface area contributed by atoms with Crippen LogP contribution in [0.25, 0.3) is 5.82 Å². The predicted molar refractivity (Wildman–Crippen MR) is 97.9 cm³/mol. The minimum absolute atomic E-state index is 0.247. The molecule has 0 fully saturated rings. The molecule has 0 radical (unpaired) electrons. The van der Waals surface area contributed by atoms with Crippen LogP contribution in [-0.2, 0) is 0 Å². The average Bonchev–Trinajstić information content (AvgIpc) is 3.25. The minimum Gasteiger partial charge on any atom is -0.439 e. The van der Waals surface area contributed by atoms with E-state index in [1.807, 2.05) is 29.1 Å². The smallest absolute Gasteiger partial charge is 0.275 e. The average molecular weight is 358 g/mol. The summed E-state index contributed by atoms with van der Waals surface area (Å²) < 4.78 is 7.62. The molecule has 0 atom stereocenters. The first-order valence-corrected chi connectivity index (χ1v) is 8.08. The van der Waals surface area contributed by atoms with E-state index in [4.69, 9.17) is 4.74 Å². The summed E-state index contributed by atoms with van der Waals surface area (Å²) in [5.41, 5.74) is 0.866. The summed E-state index contributed by atoms with van der Waals surface area (Å²) in [4.78, 5) is 28.3. The fourth-order valence-corrected chi connectivity index (χ4v) is 2.35. The maximum Gasteiger partial charge on any atom is 0.275 e. The van der Waals surface area contributed by atoms with Gasteiger partial charge in [-0.1, -0.05) is 0 Å². The Bertz CT molecular complexity index is 1030. The van der Waals surface area contributed by atoms with Crippen LogP contribution in [0.1, 0.15) is 10.5 Å². The molecule has 0 saturated heterocycles. The number of carbonyl (C=O) groups is 1. The third kappa shape index (κ3) is 3.96. The van der Waals surface area contributed by atoms with Crippen LogP contribution in [-0.4, -0.2) is 30.4 Å². The van der Waals surface area contributed by atoms with Crippen LogP contribution in [0.3, 0.4) is 0 Å². The van der Waals surface area contributed by atoms with Crippen LogP contribution >= 0.6 is 0 Å². The zero-order valence-corrected chi connectivity index (χ0v) is 14.1. The zero-order chi connectivity index (χ0) is 18.5. The van der Waals surface area contributed by atoms with E-state index in [1.165, 1.54) is 24.9 Å². The van der Waals surface area contributed by atoms with Crippen molar-refractivity contribution >= 4 is 11.6 Å². The number of anilines is 1. The molecule has 8 heteroatoms. The Morgan fingerprint density at radius 3 is 2.56 bits per heavy atom. The van der Waals surface area contributed by atoms with Crippen LogP contribution in [0.4, 0.5) is 5.69 Å². The number of nitrogens with zero attached hydrogens (tertiary/aromatic N) is 5. The van der Waals surface area contributed by atoms with E-state index in [0.717, 1.165) is 0 Å². The molecule has 3 aromatic heterocycles. The number of hydrogen-bond donors (Lipinski definition) is 1. The molecule has 0 bridgehead atoms. The number of amides is 1. The van der Waals surface area contributed by atoms with Gasteiger partial charge in [0.1, 0.15) is 23.6 Å². The molecule has 27 heavy (non-hydrogen) atoms. The van der Waals surface area contributed by atoms with Crippen molar-refractivity contribution in [2.45, 2.75) is 0 Å². The van der Waals surface area contributed by atoms with Gasteiger partial charge in [-0.15, -0.1) is 0 Å². The molecule has 1 aromatic carbocycles. The molecule has 0 aliphatic heterocycles. The fraction of sp³-hybridized carbons (Fsp3) is 0. The highest BCUT2D eigenvalue weighted by Gasteiger charge is 2.08. The van der Waals surface area contributed by atoms with Gasteiger partial charge in [-0.3, -0.25) is 9.78 Å². The van der Waals surface area contributed by atoms with E-state index >= 15 is 0 Å². The van der Waals surface area contributed by atoms with E-state index in [1.54, 1.807) is 30.3 Å². The summed E-state index contributed by atoms with van der Waals surface area (Å²) in [6.07, 6.45) is 9.61. The first-order chi connectivity index (χ1) is 13.3. The lowest BCUT2D eigenvalue weighted by atomic mass is 10.3. The summed E-state index contributed by atoms with van der Waals surface area (Å²) in [6, 6.07) is 12.5. The third-order valence-electron chi connectivity index (χ3n) is 3.63. The lowest BCUT2D eigenvalue weighted by molar-refractivity contribution is 0.102. The van der Waals surface area contributed by atoms with Gasteiger partial charge >= 0.3 is 0 Å². The van der Waals surface area contributed by atoms with E-state index in [9.17, 15) is 4.79 Å². The molecule has 8 nitrogen and oxygen atoms in total. The molecule has 3 heterocycles. The Morgan fingerprint density at radius 2 is 1.81 bits per heavy atom.